The van der Waals surface area contributed by atoms with Crippen LogP contribution in [0.1, 0.15) is 40.0 Å². The van der Waals surface area contributed by atoms with Gasteiger partial charge in [-0.05, 0) is 38.8 Å². The number of hydrogen-bond donors (Lipinski definition) is 1. The lowest BCUT2D eigenvalue weighted by molar-refractivity contribution is 0.164. The van der Waals surface area contributed by atoms with Gasteiger partial charge in [-0.25, -0.2) is 0 Å². The largest absolute Gasteiger partial charge is 0.311 e. The van der Waals surface area contributed by atoms with Crippen molar-refractivity contribution >= 4 is 0 Å². The SMILES string of the molecule is CCC(CC)NC1CCN(C)CC1C. The van der Waals surface area contributed by atoms with Crippen LogP contribution in [0, 0.1) is 5.92 Å². The second-order valence-electron chi connectivity index (χ2n) is 4.81. The van der Waals surface area contributed by atoms with E-state index in [-0.39, 0.29) is 0 Å². The minimum absolute atomic E-state index is 0.728. The quantitative estimate of drug-likeness (QED) is 0.744. The summed E-state index contributed by atoms with van der Waals surface area (Å²) in [5.74, 6) is 0.800. The van der Waals surface area contributed by atoms with Crippen molar-refractivity contribution < 1.29 is 0 Å². The summed E-state index contributed by atoms with van der Waals surface area (Å²) in [5.41, 5.74) is 0. The minimum atomic E-state index is 0.728. The van der Waals surface area contributed by atoms with Crippen molar-refractivity contribution in [2.75, 3.05) is 20.1 Å². The summed E-state index contributed by atoms with van der Waals surface area (Å²) in [6, 6.07) is 1.47. The lowest BCUT2D eigenvalue weighted by Gasteiger charge is -2.37. The molecule has 0 spiro atoms. The molecule has 0 radical (unpaired) electrons. The van der Waals surface area contributed by atoms with Gasteiger partial charge >= 0.3 is 0 Å². The second-order valence-corrected chi connectivity index (χ2v) is 4.81. The summed E-state index contributed by atoms with van der Waals surface area (Å²) in [6.07, 6.45) is 3.83. The summed E-state index contributed by atoms with van der Waals surface area (Å²) in [7, 11) is 2.23. The fraction of sp³-hybridized carbons (Fsp3) is 1.00. The van der Waals surface area contributed by atoms with Crippen LogP contribution in [-0.4, -0.2) is 37.1 Å². The first kappa shape index (κ1) is 12.0. The van der Waals surface area contributed by atoms with Crippen LogP contribution in [0.4, 0.5) is 0 Å². The van der Waals surface area contributed by atoms with E-state index in [1.54, 1.807) is 0 Å². The summed E-state index contributed by atoms with van der Waals surface area (Å²) < 4.78 is 0. The van der Waals surface area contributed by atoms with Crippen LogP contribution in [0.3, 0.4) is 0 Å². The molecule has 1 heterocycles. The summed E-state index contributed by atoms with van der Waals surface area (Å²) >= 11 is 0. The number of nitrogens with zero attached hydrogens (tertiary/aromatic N) is 1. The van der Waals surface area contributed by atoms with Crippen LogP contribution in [0.5, 0.6) is 0 Å². The van der Waals surface area contributed by atoms with Crippen LogP contribution in [0.15, 0.2) is 0 Å². The van der Waals surface area contributed by atoms with Crippen molar-refractivity contribution in [1.29, 1.82) is 0 Å². The van der Waals surface area contributed by atoms with Crippen LogP contribution in [0.25, 0.3) is 0 Å². The first-order valence-electron chi connectivity index (χ1n) is 6.11. The monoisotopic (exact) mass is 198 g/mol. The molecule has 1 saturated heterocycles. The Morgan fingerprint density at radius 1 is 1.36 bits per heavy atom. The standard InChI is InChI=1S/C12H26N2/c1-5-11(6-2)13-12-7-8-14(4)9-10(12)3/h10-13H,5-9H2,1-4H3. The van der Waals surface area contributed by atoms with Gasteiger partial charge in [0, 0.05) is 18.6 Å². The summed E-state index contributed by atoms with van der Waals surface area (Å²) in [4.78, 5) is 2.44. The molecule has 1 rings (SSSR count). The average Bonchev–Trinajstić information content (AvgIpc) is 2.17. The van der Waals surface area contributed by atoms with Crippen LogP contribution < -0.4 is 5.32 Å². The third-order valence-corrected chi connectivity index (χ3v) is 3.54. The Morgan fingerprint density at radius 2 is 2.00 bits per heavy atom. The highest BCUT2D eigenvalue weighted by Crippen LogP contribution is 2.16. The normalized spacial score (nSPS) is 29.8. The molecule has 1 N–H and O–H groups in total. The van der Waals surface area contributed by atoms with Crippen molar-refractivity contribution in [3.63, 3.8) is 0 Å². The van der Waals surface area contributed by atoms with Gasteiger partial charge < -0.3 is 10.2 Å². The maximum Gasteiger partial charge on any atom is 0.0120 e. The van der Waals surface area contributed by atoms with Crippen LogP contribution in [-0.2, 0) is 0 Å². The lowest BCUT2D eigenvalue weighted by atomic mass is 9.93. The Balaban J connectivity index is 2.36. The lowest BCUT2D eigenvalue weighted by Crippen LogP contribution is -2.49. The predicted octanol–water partition coefficient (Wildman–Crippen LogP) is 2.10. The number of rotatable bonds is 4. The van der Waals surface area contributed by atoms with Gasteiger partial charge in [0.05, 0.1) is 0 Å². The van der Waals surface area contributed by atoms with Gasteiger partial charge in [-0.15, -0.1) is 0 Å². The Morgan fingerprint density at radius 3 is 2.50 bits per heavy atom. The molecule has 14 heavy (non-hydrogen) atoms. The molecule has 0 aromatic carbocycles. The predicted molar refractivity (Wildman–Crippen MR) is 62.6 cm³/mol. The highest BCUT2D eigenvalue weighted by molar-refractivity contribution is 4.83. The molecule has 2 heteroatoms. The van der Waals surface area contributed by atoms with Crippen molar-refractivity contribution in [2.24, 2.45) is 5.92 Å². The van der Waals surface area contributed by atoms with Crippen LogP contribution >= 0.6 is 0 Å². The topological polar surface area (TPSA) is 15.3 Å². The highest BCUT2D eigenvalue weighted by Gasteiger charge is 2.24. The molecule has 2 unspecified atom stereocenters. The number of piperidine rings is 1. The van der Waals surface area contributed by atoms with Gasteiger partial charge in [-0.3, -0.25) is 0 Å². The van der Waals surface area contributed by atoms with E-state index >= 15 is 0 Å². The summed E-state index contributed by atoms with van der Waals surface area (Å²) in [5, 5.41) is 3.80. The molecule has 2 nitrogen and oxygen atoms in total. The smallest absolute Gasteiger partial charge is 0.0120 e. The van der Waals surface area contributed by atoms with E-state index < -0.39 is 0 Å². The Kier molecular flexibility index (Phi) is 4.90. The molecule has 0 bridgehead atoms. The Labute approximate surface area is 89.1 Å². The fourth-order valence-corrected chi connectivity index (χ4v) is 2.43. The molecule has 0 aromatic rings. The van der Waals surface area contributed by atoms with E-state index in [0.717, 1.165) is 18.0 Å². The average molecular weight is 198 g/mol. The third kappa shape index (κ3) is 3.25. The first-order chi connectivity index (χ1) is 6.67. The van der Waals surface area contributed by atoms with E-state index in [9.17, 15) is 0 Å². The van der Waals surface area contributed by atoms with Crippen molar-refractivity contribution in [1.82, 2.24) is 10.2 Å². The van der Waals surface area contributed by atoms with E-state index in [1.807, 2.05) is 0 Å². The van der Waals surface area contributed by atoms with E-state index in [4.69, 9.17) is 0 Å². The molecular formula is C12H26N2. The minimum Gasteiger partial charge on any atom is -0.311 e. The van der Waals surface area contributed by atoms with Gasteiger partial charge in [-0.1, -0.05) is 20.8 Å². The zero-order valence-electron chi connectivity index (χ0n) is 10.2. The van der Waals surface area contributed by atoms with Crippen molar-refractivity contribution in [2.45, 2.75) is 52.1 Å². The fourth-order valence-electron chi connectivity index (χ4n) is 2.43. The van der Waals surface area contributed by atoms with Gasteiger partial charge in [0.15, 0.2) is 0 Å². The molecule has 0 aromatic heterocycles. The maximum absolute atomic E-state index is 3.80. The van der Waals surface area contributed by atoms with E-state index in [1.165, 1.54) is 32.4 Å². The molecule has 0 amide bonds. The molecule has 2 atom stereocenters. The van der Waals surface area contributed by atoms with Crippen LogP contribution in [0.2, 0.25) is 0 Å². The molecule has 1 aliphatic heterocycles. The highest BCUT2D eigenvalue weighted by atomic mass is 15.1. The van der Waals surface area contributed by atoms with Gasteiger partial charge in [0.25, 0.3) is 0 Å². The number of nitrogens with one attached hydrogen (secondary N) is 1. The third-order valence-electron chi connectivity index (χ3n) is 3.54. The molecule has 1 aliphatic rings. The van der Waals surface area contributed by atoms with E-state index in [0.29, 0.717) is 0 Å². The van der Waals surface area contributed by atoms with Crippen molar-refractivity contribution in [3.05, 3.63) is 0 Å². The molecule has 1 fully saturated rings. The second kappa shape index (κ2) is 5.72. The number of likely N-dealkylation sites (tertiary alicyclic amines) is 1. The Hall–Kier alpha value is -0.0800. The first-order valence-corrected chi connectivity index (χ1v) is 6.11. The van der Waals surface area contributed by atoms with Gasteiger partial charge in [-0.2, -0.15) is 0 Å². The Bertz CT molecular complexity index is 154. The zero-order chi connectivity index (χ0) is 10.6. The maximum atomic E-state index is 3.80. The van der Waals surface area contributed by atoms with Crippen molar-refractivity contribution in [3.8, 4) is 0 Å². The van der Waals surface area contributed by atoms with Gasteiger partial charge in [0.1, 0.15) is 0 Å². The molecule has 84 valence electrons. The van der Waals surface area contributed by atoms with Gasteiger partial charge in [0.2, 0.25) is 0 Å². The van der Waals surface area contributed by atoms with E-state index in [2.05, 4.69) is 38.0 Å². The number of hydrogen-bond acceptors (Lipinski definition) is 2. The summed E-state index contributed by atoms with van der Waals surface area (Å²) in [6.45, 7) is 9.43. The zero-order valence-corrected chi connectivity index (χ0v) is 10.2. The molecule has 0 aliphatic carbocycles. The molecule has 0 saturated carbocycles. The molecular weight excluding hydrogens is 172 g/mol.